The maximum Gasteiger partial charge on any atom is 0.326 e. The Morgan fingerprint density at radius 1 is 1.00 bits per heavy atom. The molecule has 1 aliphatic heterocycles. The van der Waals surface area contributed by atoms with Gasteiger partial charge in [0, 0.05) is 6.42 Å². The lowest BCUT2D eigenvalue weighted by molar-refractivity contribution is -0.143. The van der Waals surface area contributed by atoms with Crippen LogP contribution in [0.15, 0.2) is 0 Å². The van der Waals surface area contributed by atoms with Crippen molar-refractivity contribution in [2.75, 3.05) is 18.6 Å². The van der Waals surface area contributed by atoms with Gasteiger partial charge >= 0.3 is 11.9 Å². The predicted molar refractivity (Wildman–Crippen MR) is 119 cm³/mol. The summed E-state index contributed by atoms with van der Waals surface area (Å²) in [5.41, 5.74) is 0. The maximum absolute atomic E-state index is 12.9. The number of aliphatic carboxylic acids is 2. The van der Waals surface area contributed by atoms with Crippen molar-refractivity contribution in [2.45, 2.75) is 70.1 Å². The van der Waals surface area contributed by atoms with Crippen molar-refractivity contribution in [3.8, 4) is 0 Å². The number of hydrogen-bond donors (Lipinski definition) is 6. The number of rotatable bonds is 14. The largest absolute Gasteiger partial charge is 0.481 e. The molecule has 1 saturated heterocycles. The van der Waals surface area contributed by atoms with Crippen molar-refractivity contribution in [2.24, 2.45) is 5.92 Å². The summed E-state index contributed by atoms with van der Waals surface area (Å²) in [6, 6.07) is -3.63. The number of hydrogen-bond acceptors (Lipinski definition) is 7. The van der Waals surface area contributed by atoms with Crippen LogP contribution < -0.4 is 21.3 Å². The van der Waals surface area contributed by atoms with Gasteiger partial charge in [-0.15, -0.1) is 0 Å². The fourth-order valence-corrected chi connectivity index (χ4v) is 3.73. The van der Waals surface area contributed by atoms with Crippen LogP contribution in [0, 0.1) is 5.92 Å². The number of carboxylic acid groups (broad SMARTS) is 2. The molecule has 0 saturated carbocycles. The minimum atomic E-state index is -1.39. The van der Waals surface area contributed by atoms with Crippen molar-refractivity contribution in [1.82, 2.24) is 21.3 Å². The predicted octanol–water partition coefficient (Wildman–Crippen LogP) is -0.449. The number of carbonyl (C=O) groups excluding carboxylic acids is 3. The summed E-state index contributed by atoms with van der Waals surface area (Å²) in [5, 5.41) is 28.8. The van der Waals surface area contributed by atoms with Crippen LogP contribution in [0.25, 0.3) is 0 Å². The number of carboxylic acids is 2. The van der Waals surface area contributed by atoms with E-state index in [2.05, 4.69) is 21.3 Å². The molecule has 4 atom stereocenters. The summed E-state index contributed by atoms with van der Waals surface area (Å²) in [6.45, 7) is 4.12. The smallest absolute Gasteiger partial charge is 0.326 e. The minimum absolute atomic E-state index is 0.270. The van der Waals surface area contributed by atoms with Crippen molar-refractivity contribution >= 4 is 41.4 Å². The van der Waals surface area contributed by atoms with Gasteiger partial charge < -0.3 is 31.5 Å². The molecule has 0 aromatic heterocycles. The van der Waals surface area contributed by atoms with E-state index in [4.69, 9.17) is 5.11 Å². The van der Waals surface area contributed by atoms with Crippen LogP contribution in [0.3, 0.4) is 0 Å². The van der Waals surface area contributed by atoms with Crippen molar-refractivity contribution in [3.63, 3.8) is 0 Å². The van der Waals surface area contributed by atoms with Gasteiger partial charge in [-0.1, -0.05) is 13.8 Å². The molecule has 3 amide bonds. The summed E-state index contributed by atoms with van der Waals surface area (Å²) < 4.78 is 0. The Bertz CT molecular complexity index is 683. The summed E-state index contributed by atoms with van der Waals surface area (Å²) in [5.74, 6) is -3.82. The van der Waals surface area contributed by atoms with E-state index in [1.54, 1.807) is 13.8 Å². The van der Waals surface area contributed by atoms with Crippen LogP contribution in [0.4, 0.5) is 0 Å². The van der Waals surface area contributed by atoms with Gasteiger partial charge in [0.1, 0.15) is 18.1 Å². The SMILES string of the molecule is CSCCC(NC(=O)C1CCCN1)C(=O)NC(C(=O)NC(CCC(=O)O)C(=O)O)C(C)C. The highest BCUT2D eigenvalue weighted by Crippen LogP contribution is 2.09. The quantitative estimate of drug-likeness (QED) is 0.195. The van der Waals surface area contributed by atoms with Gasteiger partial charge in [0.2, 0.25) is 17.7 Å². The van der Waals surface area contributed by atoms with E-state index in [1.807, 2.05) is 6.26 Å². The van der Waals surface area contributed by atoms with Crippen molar-refractivity contribution in [1.29, 1.82) is 0 Å². The Labute approximate surface area is 191 Å². The molecule has 1 aliphatic rings. The maximum atomic E-state index is 12.9. The molecule has 0 bridgehead atoms. The zero-order valence-electron chi connectivity index (χ0n) is 18.7. The van der Waals surface area contributed by atoms with E-state index >= 15 is 0 Å². The number of amides is 3. The third-order valence-corrected chi connectivity index (χ3v) is 5.77. The van der Waals surface area contributed by atoms with E-state index < -0.39 is 48.3 Å². The van der Waals surface area contributed by atoms with Gasteiger partial charge in [-0.25, -0.2) is 4.79 Å². The van der Waals surface area contributed by atoms with Gasteiger partial charge in [-0.2, -0.15) is 11.8 Å². The number of thioether (sulfide) groups is 1. The zero-order chi connectivity index (χ0) is 24.3. The highest BCUT2D eigenvalue weighted by Gasteiger charge is 2.32. The molecule has 12 heteroatoms. The average Bonchev–Trinajstić information content (AvgIpc) is 3.26. The highest BCUT2D eigenvalue weighted by atomic mass is 32.2. The molecule has 0 aliphatic carbocycles. The lowest BCUT2D eigenvalue weighted by Crippen LogP contribution is -2.58. The second kappa shape index (κ2) is 13.9. The molecule has 32 heavy (non-hydrogen) atoms. The normalized spacial score (nSPS) is 18.4. The molecule has 0 aromatic rings. The van der Waals surface area contributed by atoms with E-state index in [1.165, 1.54) is 11.8 Å². The Kier molecular flexibility index (Phi) is 12.1. The molecule has 6 N–H and O–H groups in total. The summed E-state index contributed by atoms with van der Waals surface area (Å²) in [6.07, 6.45) is 3.11. The standard InChI is InChI=1S/C20H34N4O7S/c1-11(2)16(19(29)23-14(20(30)31)6-7-15(25)26)24-18(28)13(8-10-32-3)22-17(27)12-5-4-9-21-12/h11-14,16,21H,4-10H2,1-3H3,(H,22,27)(H,23,29)(H,24,28)(H,25,26)(H,30,31). The van der Waals surface area contributed by atoms with Gasteiger partial charge in [0.15, 0.2) is 0 Å². The summed E-state index contributed by atoms with van der Waals surface area (Å²) >= 11 is 1.52. The summed E-state index contributed by atoms with van der Waals surface area (Å²) in [4.78, 5) is 60.2. The van der Waals surface area contributed by atoms with Crippen LogP contribution in [0.2, 0.25) is 0 Å². The van der Waals surface area contributed by atoms with E-state index in [9.17, 15) is 29.1 Å². The molecule has 0 aromatic carbocycles. The van der Waals surface area contributed by atoms with E-state index in [0.29, 0.717) is 18.6 Å². The van der Waals surface area contributed by atoms with Crippen LogP contribution in [0.1, 0.15) is 46.0 Å². The Morgan fingerprint density at radius 2 is 1.69 bits per heavy atom. The molecule has 0 spiro atoms. The van der Waals surface area contributed by atoms with Gasteiger partial charge in [0.05, 0.1) is 6.04 Å². The molecule has 1 rings (SSSR count). The first-order chi connectivity index (χ1) is 15.1. The topological polar surface area (TPSA) is 174 Å². The third-order valence-electron chi connectivity index (χ3n) is 5.13. The van der Waals surface area contributed by atoms with Crippen LogP contribution >= 0.6 is 11.8 Å². The highest BCUT2D eigenvalue weighted by molar-refractivity contribution is 7.98. The second-order valence-corrected chi connectivity index (χ2v) is 9.04. The first kappa shape index (κ1) is 27.7. The molecule has 11 nitrogen and oxygen atoms in total. The first-order valence-corrected chi connectivity index (χ1v) is 12.0. The summed E-state index contributed by atoms with van der Waals surface area (Å²) in [7, 11) is 0. The zero-order valence-corrected chi connectivity index (χ0v) is 19.5. The van der Waals surface area contributed by atoms with E-state index in [0.717, 1.165) is 13.0 Å². The second-order valence-electron chi connectivity index (χ2n) is 8.05. The fraction of sp³-hybridized carbons (Fsp3) is 0.750. The van der Waals surface area contributed by atoms with Gasteiger partial charge in [-0.05, 0) is 50.2 Å². The molecule has 0 radical (unpaired) electrons. The molecular formula is C20H34N4O7S. The molecule has 4 unspecified atom stereocenters. The van der Waals surface area contributed by atoms with Gasteiger partial charge in [-0.3, -0.25) is 19.2 Å². The minimum Gasteiger partial charge on any atom is -0.481 e. The fourth-order valence-electron chi connectivity index (χ4n) is 3.26. The van der Waals surface area contributed by atoms with Crippen molar-refractivity contribution < 1.29 is 34.2 Å². The van der Waals surface area contributed by atoms with Crippen LogP contribution in [-0.2, 0) is 24.0 Å². The molecule has 1 fully saturated rings. The molecule has 182 valence electrons. The Hall–Kier alpha value is -2.34. The third kappa shape index (κ3) is 9.43. The lowest BCUT2D eigenvalue weighted by atomic mass is 10.0. The van der Waals surface area contributed by atoms with Gasteiger partial charge in [0.25, 0.3) is 0 Å². The Balaban J connectivity index is 2.84. The molecular weight excluding hydrogens is 440 g/mol. The van der Waals surface area contributed by atoms with Crippen molar-refractivity contribution in [3.05, 3.63) is 0 Å². The number of carbonyl (C=O) groups is 5. The first-order valence-electron chi connectivity index (χ1n) is 10.6. The number of nitrogens with one attached hydrogen (secondary N) is 4. The van der Waals surface area contributed by atoms with E-state index in [-0.39, 0.29) is 24.3 Å². The monoisotopic (exact) mass is 474 g/mol. The lowest BCUT2D eigenvalue weighted by Gasteiger charge is -2.27. The van der Waals surface area contributed by atoms with Crippen LogP contribution in [0.5, 0.6) is 0 Å². The molecule has 1 heterocycles. The Morgan fingerprint density at radius 3 is 2.19 bits per heavy atom. The average molecular weight is 475 g/mol. The van der Waals surface area contributed by atoms with Crippen LogP contribution in [-0.4, -0.2) is 82.6 Å².